The molecule has 3 rings (SSSR count). The number of amides is 1. The molecule has 0 radical (unpaired) electrons. The lowest BCUT2D eigenvalue weighted by atomic mass is 10.2. The summed E-state index contributed by atoms with van der Waals surface area (Å²) in [7, 11) is 0. The summed E-state index contributed by atoms with van der Waals surface area (Å²) in [5.41, 5.74) is 0.579. The van der Waals surface area contributed by atoms with Crippen LogP contribution in [0.15, 0.2) is 29.1 Å². The van der Waals surface area contributed by atoms with Crippen LogP contribution in [0.2, 0.25) is 0 Å². The van der Waals surface area contributed by atoms with Gasteiger partial charge in [-0.05, 0) is 70.1 Å². The van der Waals surface area contributed by atoms with Crippen LogP contribution < -0.4 is 25.4 Å². The third kappa shape index (κ3) is 6.12. The standard InChI is InChI=1S/C24H29N5O4S/c1-3-29-22(31)20(34-23(29)19(15-25)24(32)33)14-16(2)27-18-8-6-17(7-9-18)21(30)26-10-13-28-11-4-5-12-28/h6-9,14,16,27H,3-5,10-13H2,1-2H3,(H,26,30)(H,32,33)/b20-14?,23-19-. The molecule has 1 aromatic heterocycles. The van der Waals surface area contributed by atoms with E-state index in [2.05, 4.69) is 15.5 Å². The number of nitrogens with one attached hydrogen (secondary N) is 2. The zero-order valence-corrected chi connectivity index (χ0v) is 20.2. The average Bonchev–Trinajstić information content (AvgIpc) is 3.42. The van der Waals surface area contributed by atoms with Gasteiger partial charge in [0.1, 0.15) is 10.7 Å². The summed E-state index contributed by atoms with van der Waals surface area (Å²) in [5, 5.41) is 24.6. The molecule has 34 heavy (non-hydrogen) atoms. The Hall–Kier alpha value is -3.42. The van der Waals surface area contributed by atoms with Crippen molar-refractivity contribution in [3.05, 3.63) is 49.4 Å². The molecule has 10 heteroatoms. The summed E-state index contributed by atoms with van der Waals surface area (Å²) in [5.74, 6) is -1.47. The minimum Gasteiger partial charge on any atom is -0.477 e. The van der Waals surface area contributed by atoms with Crippen molar-refractivity contribution in [1.29, 1.82) is 5.26 Å². The molecule has 1 aliphatic heterocycles. The van der Waals surface area contributed by atoms with Gasteiger partial charge in [0.15, 0.2) is 5.57 Å². The Balaban J connectivity index is 1.68. The van der Waals surface area contributed by atoms with Crippen LogP contribution in [0.4, 0.5) is 5.69 Å². The SMILES string of the molecule is CCn1c(=O)c(=CC(C)Nc2ccc(C(=O)NCCN3CCCC3)cc2)s/c1=C(/C#N)C(=O)O. The van der Waals surface area contributed by atoms with E-state index in [0.29, 0.717) is 16.6 Å². The van der Waals surface area contributed by atoms with Crippen molar-refractivity contribution in [1.82, 2.24) is 14.8 Å². The summed E-state index contributed by atoms with van der Waals surface area (Å²) >= 11 is 0.992. The number of nitriles is 1. The Kier molecular flexibility index (Phi) is 8.62. The van der Waals surface area contributed by atoms with Gasteiger partial charge in [0, 0.05) is 36.9 Å². The van der Waals surface area contributed by atoms with E-state index in [0.717, 1.165) is 36.7 Å². The Morgan fingerprint density at radius 3 is 2.53 bits per heavy atom. The molecule has 1 aromatic carbocycles. The molecule has 1 unspecified atom stereocenters. The van der Waals surface area contributed by atoms with Crippen molar-refractivity contribution in [2.45, 2.75) is 39.3 Å². The number of nitrogens with zero attached hydrogens (tertiary/aromatic N) is 3. The molecule has 1 saturated heterocycles. The average molecular weight is 484 g/mol. The lowest BCUT2D eigenvalue weighted by Gasteiger charge is -2.15. The Morgan fingerprint density at radius 2 is 1.94 bits per heavy atom. The smallest absolute Gasteiger partial charge is 0.349 e. The van der Waals surface area contributed by atoms with Crippen LogP contribution in [0, 0.1) is 11.3 Å². The molecule has 0 bridgehead atoms. The first-order valence-electron chi connectivity index (χ1n) is 11.3. The number of rotatable bonds is 9. The quantitative estimate of drug-likeness (QED) is 0.481. The molecule has 2 aromatic rings. The topological polar surface area (TPSA) is 127 Å². The van der Waals surface area contributed by atoms with Gasteiger partial charge in [-0.2, -0.15) is 5.26 Å². The molecular formula is C24H29N5O4S. The van der Waals surface area contributed by atoms with Crippen LogP contribution in [0.5, 0.6) is 0 Å². The first-order chi connectivity index (χ1) is 16.3. The Labute approximate surface area is 201 Å². The number of thiazole rings is 1. The van der Waals surface area contributed by atoms with E-state index in [1.54, 1.807) is 43.3 Å². The summed E-state index contributed by atoms with van der Waals surface area (Å²) in [6, 6.07) is 8.51. The highest BCUT2D eigenvalue weighted by atomic mass is 32.1. The van der Waals surface area contributed by atoms with Crippen LogP contribution in [0.3, 0.4) is 0 Å². The number of carboxylic acids is 1. The number of hydrogen-bond acceptors (Lipinski definition) is 7. The molecule has 9 nitrogen and oxygen atoms in total. The van der Waals surface area contributed by atoms with Gasteiger partial charge in [-0.1, -0.05) is 0 Å². The zero-order chi connectivity index (χ0) is 24.7. The van der Waals surface area contributed by atoms with Gasteiger partial charge in [-0.15, -0.1) is 11.3 Å². The van der Waals surface area contributed by atoms with Crippen molar-refractivity contribution in [2.24, 2.45) is 0 Å². The molecule has 1 fully saturated rings. The molecule has 0 aliphatic carbocycles. The largest absolute Gasteiger partial charge is 0.477 e. The highest BCUT2D eigenvalue weighted by Crippen LogP contribution is 2.11. The van der Waals surface area contributed by atoms with E-state index >= 15 is 0 Å². The molecule has 2 heterocycles. The number of anilines is 1. The van der Waals surface area contributed by atoms with E-state index in [-0.39, 0.29) is 28.7 Å². The maximum atomic E-state index is 12.7. The van der Waals surface area contributed by atoms with Gasteiger partial charge in [-0.25, -0.2) is 4.79 Å². The van der Waals surface area contributed by atoms with Crippen molar-refractivity contribution in [3.63, 3.8) is 0 Å². The highest BCUT2D eigenvalue weighted by molar-refractivity contribution is 7.07. The fourth-order valence-electron chi connectivity index (χ4n) is 3.88. The first kappa shape index (κ1) is 25.2. The first-order valence-corrected chi connectivity index (χ1v) is 12.1. The number of aliphatic carboxylic acids is 1. The summed E-state index contributed by atoms with van der Waals surface area (Å²) < 4.78 is 1.80. The van der Waals surface area contributed by atoms with Gasteiger partial charge >= 0.3 is 5.97 Å². The number of likely N-dealkylation sites (tertiary alicyclic amines) is 1. The highest BCUT2D eigenvalue weighted by Gasteiger charge is 2.15. The summed E-state index contributed by atoms with van der Waals surface area (Å²) in [6.07, 6.45) is 4.16. The lowest BCUT2D eigenvalue weighted by molar-refractivity contribution is -0.130. The van der Waals surface area contributed by atoms with Crippen molar-refractivity contribution in [3.8, 4) is 6.07 Å². The van der Waals surface area contributed by atoms with Crippen LogP contribution in [0.1, 0.15) is 37.0 Å². The summed E-state index contributed by atoms with van der Waals surface area (Å²) in [4.78, 5) is 38.8. The van der Waals surface area contributed by atoms with E-state index in [9.17, 15) is 24.8 Å². The van der Waals surface area contributed by atoms with Crippen molar-refractivity contribution >= 4 is 40.5 Å². The monoisotopic (exact) mass is 483 g/mol. The van der Waals surface area contributed by atoms with Gasteiger partial charge in [-0.3, -0.25) is 14.2 Å². The molecule has 1 amide bonds. The molecule has 0 spiro atoms. The van der Waals surface area contributed by atoms with Crippen molar-refractivity contribution in [2.75, 3.05) is 31.5 Å². The molecule has 0 saturated carbocycles. The summed E-state index contributed by atoms with van der Waals surface area (Å²) in [6.45, 7) is 7.53. The minimum atomic E-state index is -1.36. The zero-order valence-electron chi connectivity index (χ0n) is 19.3. The van der Waals surface area contributed by atoms with E-state index in [1.807, 2.05) is 6.92 Å². The molecular weight excluding hydrogens is 454 g/mol. The number of carboxylic acid groups (broad SMARTS) is 1. The van der Waals surface area contributed by atoms with E-state index in [4.69, 9.17) is 0 Å². The normalized spacial score (nSPS) is 16.1. The fourth-order valence-corrected chi connectivity index (χ4v) is 5.11. The fraction of sp³-hybridized carbons (Fsp3) is 0.417. The number of carbonyl (C=O) groups excluding carboxylic acids is 1. The molecule has 1 atom stereocenters. The second-order valence-corrected chi connectivity index (χ2v) is 9.13. The Morgan fingerprint density at radius 1 is 1.26 bits per heavy atom. The predicted octanol–water partition coefficient (Wildman–Crippen LogP) is 0.795. The molecule has 3 N–H and O–H groups in total. The number of carbonyl (C=O) groups is 2. The Bertz CT molecular complexity index is 1250. The van der Waals surface area contributed by atoms with Crippen LogP contribution in [-0.4, -0.2) is 58.7 Å². The van der Waals surface area contributed by atoms with Crippen LogP contribution in [-0.2, 0) is 11.3 Å². The second kappa shape index (κ2) is 11.6. The van der Waals surface area contributed by atoms with Gasteiger partial charge in [0.05, 0.1) is 4.53 Å². The second-order valence-electron chi connectivity index (χ2n) is 8.09. The maximum absolute atomic E-state index is 12.7. The van der Waals surface area contributed by atoms with Crippen molar-refractivity contribution < 1.29 is 14.7 Å². The minimum absolute atomic E-state index is 0.112. The van der Waals surface area contributed by atoms with Crippen LogP contribution >= 0.6 is 11.3 Å². The molecule has 180 valence electrons. The van der Waals surface area contributed by atoms with Gasteiger partial charge in [0.2, 0.25) is 0 Å². The number of hydrogen-bond donors (Lipinski definition) is 3. The van der Waals surface area contributed by atoms with E-state index < -0.39 is 11.5 Å². The van der Waals surface area contributed by atoms with Gasteiger partial charge < -0.3 is 20.6 Å². The third-order valence-electron chi connectivity index (χ3n) is 5.62. The number of benzene rings is 1. The number of aromatic nitrogens is 1. The molecule has 1 aliphatic rings. The maximum Gasteiger partial charge on any atom is 0.349 e. The third-order valence-corrected chi connectivity index (χ3v) is 6.77. The lowest BCUT2D eigenvalue weighted by Crippen LogP contribution is -2.33. The van der Waals surface area contributed by atoms with E-state index in [1.165, 1.54) is 17.4 Å². The van der Waals surface area contributed by atoms with Gasteiger partial charge in [0.25, 0.3) is 11.5 Å². The van der Waals surface area contributed by atoms with Crippen LogP contribution in [0.25, 0.3) is 11.6 Å². The predicted molar refractivity (Wildman–Crippen MR) is 132 cm³/mol.